The molecule has 2 N–H and O–H groups in total. The number of carbonyl (C=O) groups is 2. The first-order chi connectivity index (χ1) is 7.63. The SMILES string of the molecule is CCCC(NC(=O)CC1C=CCC1)C(=O)O. The highest BCUT2D eigenvalue weighted by atomic mass is 16.4. The summed E-state index contributed by atoms with van der Waals surface area (Å²) in [5, 5.41) is 11.5. The molecule has 0 radical (unpaired) electrons. The van der Waals surface area contributed by atoms with E-state index in [1.165, 1.54) is 0 Å². The van der Waals surface area contributed by atoms with Crippen LogP contribution in [0.15, 0.2) is 12.2 Å². The fourth-order valence-corrected chi connectivity index (χ4v) is 1.90. The zero-order valence-corrected chi connectivity index (χ0v) is 9.61. The minimum Gasteiger partial charge on any atom is -0.480 e. The van der Waals surface area contributed by atoms with Crippen LogP contribution < -0.4 is 5.32 Å². The summed E-state index contributed by atoms with van der Waals surface area (Å²) in [6.07, 6.45) is 7.77. The molecule has 0 aromatic carbocycles. The summed E-state index contributed by atoms with van der Waals surface area (Å²) in [4.78, 5) is 22.4. The van der Waals surface area contributed by atoms with Crippen LogP contribution in [0.2, 0.25) is 0 Å². The van der Waals surface area contributed by atoms with E-state index in [-0.39, 0.29) is 11.8 Å². The lowest BCUT2D eigenvalue weighted by atomic mass is 10.0. The summed E-state index contributed by atoms with van der Waals surface area (Å²) >= 11 is 0. The van der Waals surface area contributed by atoms with E-state index in [0.717, 1.165) is 19.3 Å². The summed E-state index contributed by atoms with van der Waals surface area (Å²) in [7, 11) is 0. The van der Waals surface area contributed by atoms with Crippen LogP contribution in [0.1, 0.15) is 39.0 Å². The van der Waals surface area contributed by atoms with Crippen molar-refractivity contribution < 1.29 is 14.7 Å². The van der Waals surface area contributed by atoms with Crippen LogP contribution in [0.4, 0.5) is 0 Å². The van der Waals surface area contributed by atoms with Crippen molar-refractivity contribution in [1.29, 1.82) is 0 Å². The van der Waals surface area contributed by atoms with Gasteiger partial charge in [-0.3, -0.25) is 4.79 Å². The Labute approximate surface area is 95.7 Å². The highest BCUT2D eigenvalue weighted by molar-refractivity contribution is 5.83. The van der Waals surface area contributed by atoms with Gasteiger partial charge in [0, 0.05) is 6.42 Å². The maximum atomic E-state index is 11.6. The van der Waals surface area contributed by atoms with Gasteiger partial charge >= 0.3 is 5.97 Å². The fraction of sp³-hybridized carbons (Fsp3) is 0.667. The number of amides is 1. The van der Waals surface area contributed by atoms with Crippen molar-refractivity contribution in [2.45, 2.75) is 45.1 Å². The number of nitrogens with one attached hydrogen (secondary N) is 1. The minimum atomic E-state index is -0.947. The summed E-state index contributed by atoms with van der Waals surface area (Å²) in [5.41, 5.74) is 0. The monoisotopic (exact) mass is 225 g/mol. The third-order valence-electron chi connectivity index (χ3n) is 2.77. The second kappa shape index (κ2) is 6.30. The van der Waals surface area contributed by atoms with E-state index in [9.17, 15) is 9.59 Å². The van der Waals surface area contributed by atoms with E-state index in [1.54, 1.807) is 0 Å². The van der Waals surface area contributed by atoms with Gasteiger partial charge in [0.25, 0.3) is 0 Å². The molecular weight excluding hydrogens is 206 g/mol. The maximum Gasteiger partial charge on any atom is 0.326 e. The van der Waals surface area contributed by atoms with Crippen LogP contribution in [0.5, 0.6) is 0 Å². The Kier molecular flexibility index (Phi) is 5.02. The van der Waals surface area contributed by atoms with Crippen LogP contribution in [-0.2, 0) is 9.59 Å². The number of carboxylic acid groups (broad SMARTS) is 1. The number of aliphatic carboxylic acids is 1. The predicted octanol–water partition coefficient (Wildman–Crippen LogP) is 1.71. The maximum absolute atomic E-state index is 11.6. The van der Waals surface area contributed by atoms with E-state index in [4.69, 9.17) is 5.11 Å². The Morgan fingerprint density at radius 3 is 2.81 bits per heavy atom. The molecule has 2 unspecified atom stereocenters. The molecule has 2 atom stereocenters. The van der Waals surface area contributed by atoms with Crippen molar-refractivity contribution in [2.24, 2.45) is 5.92 Å². The summed E-state index contributed by atoms with van der Waals surface area (Å²) in [6, 6.07) is -0.733. The summed E-state index contributed by atoms with van der Waals surface area (Å²) < 4.78 is 0. The molecule has 16 heavy (non-hydrogen) atoms. The highest BCUT2D eigenvalue weighted by Gasteiger charge is 2.20. The fourth-order valence-electron chi connectivity index (χ4n) is 1.90. The first-order valence-corrected chi connectivity index (χ1v) is 5.82. The van der Waals surface area contributed by atoms with Gasteiger partial charge < -0.3 is 10.4 Å². The van der Waals surface area contributed by atoms with Gasteiger partial charge in [0.2, 0.25) is 5.91 Å². The number of carboxylic acids is 1. The molecule has 0 spiro atoms. The van der Waals surface area contributed by atoms with Crippen LogP contribution in [0.25, 0.3) is 0 Å². The molecule has 0 bridgehead atoms. The number of hydrogen-bond donors (Lipinski definition) is 2. The van der Waals surface area contributed by atoms with Gasteiger partial charge in [-0.15, -0.1) is 0 Å². The van der Waals surface area contributed by atoms with E-state index in [1.807, 2.05) is 13.0 Å². The third-order valence-corrected chi connectivity index (χ3v) is 2.77. The zero-order valence-electron chi connectivity index (χ0n) is 9.61. The highest BCUT2D eigenvalue weighted by Crippen LogP contribution is 2.20. The molecule has 1 rings (SSSR count). The van der Waals surface area contributed by atoms with Crippen molar-refractivity contribution in [1.82, 2.24) is 5.32 Å². The molecule has 1 amide bonds. The molecule has 0 heterocycles. The first kappa shape index (κ1) is 12.7. The number of carbonyl (C=O) groups excluding carboxylic acids is 1. The van der Waals surface area contributed by atoms with Gasteiger partial charge in [0.1, 0.15) is 6.04 Å². The minimum absolute atomic E-state index is 0.155. The Morgan fingerprint density at radius 2 is 2.31 bits per heavy atom. The van der Waals surface area contributed by atoms with Gasteiger partial charge in [-0.05, 0) is 25.2 Å². The Bertz CT molecular complexity index is 286. The summed E-state index contributed by atoms with van der Waals surface area (Å²) in [6.45, 7) is 1.90. The molecule has 0 aromatic rings. The van der Waals surface area contributed by atoms with Crippen LogP contribution in [-0.4, -0.2) is 23.0 Å². The Balaban J connectivity index is 2.35. The molecule has 4 nitrogen and oxygen atoms in total. The topological polar surface area (TPSA) is 66.4 Å². The van der Waals surface area contributed by atoms with Crippen molar-refractivity contribution >= 4 is 11.9 Å². The van der Waals surface area contributed by atoms with E-state index in [0.29, 0.717) is 12.8 Å². The number of rotatable bonds is 6. The second-order valence-electron chi connectivity index (χ2n) is 4.22. The van der Waals surface area contributed by atoms with Crippen molar-refractivity contribution in [3.8, 4) is 0 Å². The van der Waals surface area contributed by atoms with Crippen LogP contribution in [0.3, 0.4) is 0 Å². The van der Waals surface area contributed by atoms with Crippen LogP contribution in [0, 0.1) is 5.92 Å². The second-order valence-corrected chi connectivity index (χ2v) is 4.22. The average Bonchev–Trinajstić information content (AvgIpc) is 2.69. The van der Waals surface area contributed by atoms with Gasteiger partial charge in [-0.2, -0.15) is 0 Å². The molecule has 0 saturated carbocycles. The Hall–Kier alpha value is -1.32. The molecule has 0 fully saturated rings. The molecule has 90 valence electrons. The van der Waals surface area contributed by atoms with Gasteiger partial charge in [-0.1, -0.05) is 25.5 Å². The zero-order chi connectivity index (χ0) is 12.0. The van der Waals surface area contributed by atoms with Gasteiger partial charge in [0.05, 0.1) is 0 Å². The molecular formula is C12H19NO3. The van der Waals surface area contributed by atoms with Crippen molar-refractivity contribution in [2.75, 3.05) is 0 Å². The number of allylic oxidation sites excluding steroid dienone is 2. The van der Waals surface area contributed by atoms with Crippen molar-refractivity contribution in [3.05, 3.63) is 12.2 Å². The van der Waals surface area contributed by atoms with E-state index < -0.39 is 12.0 Å². The molecule has 4 heteroatoms. The molecule has 0 aliphatic heterocycles. The third kappa shape index (κ3) is 4.04. The molecule has 0 aromatic heterocycles. The standard InChI is InChI=1S/C12H19NO3/c1-2-5-10(12(15)16)13-11(14)8-9-6-3-4-7-9/h3,6,9-10H,2,4-5,7-8H2,1H3,(H,13,14)(H,15,16). The quantitative estimate of drug-likeness (QED) is 0.676. The lowest BCUT2D eigenvalue weighted by molar-refractivity contribution is -0.142. The lowest BCUT2D eigenvalue weighted by Gasteiger charge is -2.14. The predicted molar refractivity (Wildman–Crippen MR) is 61.0 cm³/mol. The lowest BCUT2D eigenvalue weighted by Crippen LogP contribution is -2.41. The normalized spacial score (nSPS) is 20.7. The molecule has 1 aliphatic rings. The molecule has 1 aliphatic carbocycles. The van der Waals surface area contributed by atoms with Crippen LogP contribution >= 0.6 is 0 Å². The first-order valence-electron chi connectivity index (χ1n) is 5.82. The summed E-state index contributed by atoms with van der Waals surface area (Å²) in [5.74, 6) is -0.814. The smallest absolute Gasteiger partial charge is 0.326 e. The average molecular weight is 225 g/mol. The van der Waals surface area contributed by atoms with E-state index in [2.05, 4.69) is 11.4 Å². The van der Waals surface area contributed by atoms with Gasteiger partial charge in [0.15, 0.2) is 0 Å². The Morgan fingerprint density at radius 1 is 1.56 bits per heavy atom. The van der Waals surface area contributed by atoms with Crippen molar-refractivity contribution in [3.63, 3.8) is 0 Å². The van der Waals surface area contributed by atoms with E-state index >= 15 is 0 Å². The van der Waals surface area contributed by atoms with Gasteiger partial charge in [-0.25, -0.2) is 4.79 Å². The molecule has 0 saturated heterocycles. The number of hydrogen-bond acceptors (Lipinski definition) is 2. The largest absolute Gasteiger partial charge is 0.480 e.